The molecule has 0 bridgehead atoms. The number of allylic oxidation sites excluding steroid dienone is 1. The molecule has 0 spiro atoms. The first-order valence-electron chi connectivity index (χ1n) is 14.4. The van der Waals surface area contributed by atoms with Gasteiger partial charge in [-0.15, -0.1) is 0 Å². The van der Waals surface area contributed by atoms with Crippen molar-refractivity contribution in [2.24, 2.45) is 4.99 Å². The van der Waals surface area contributed by atoms with Crippen molar-refractivity contribution >= 4 is 34.9 Å². The third kappa shape index (κ3) is 6.07. The molecule has 10 heteroatoms. The number of hydrogen-bond acceptors (Lipinski definition) is 7. The number of anilines is 1. The van der Waals surface area contributed by atoms with Crippen LogP contribution in [0.25, 0.3) is 6.08 Å². The van der Waals surface area contributed by atoms with E-state index in [-0.39, 0.29) is 24.0 Å². The molecule has 3 heterocycles. The van der Waals surface area contributed by atoms with E-state index >= 15 is 0 Å². The van der Waals surface area contributed by atoms with E-state index in [2.05, 4.69) is 5.32 Å². The van der Waals surface area contributed by atoms with Crippen molar-refractivity contribution in [3.05, 3.63) is 121 Å². The van der Waals surface area contributed by atoms with Crippen LogP contribution >= 0.6 is 11.3 Å². The molecule has 2 aliphatic rings. The van der Waals surface area contributed by atoms with Gasteiger partial charge in [-0.1, -0.05) is 53.8 Å². The average Bonchev–Trinajstić information content (AvgIpc) is 3.69. The summed E-state index contributed by atoms with van der Waals surface area (Å²) in [4.78, 5) is 47.1. The van der Waals surface area contributed by atoms with E-state index in [0.717, 1.165) is 37.1 Å². The van der Waals surface area contributed by atoms with Gasteiger partial charge in [0, 0.05) is 18.8 Å². The third-order valence-corrected chi connectivity index (χ3v) is 8.69. The van der Waals surface area contributed by atoms with Crippen LogP contribution in [0.5, 0.6) is 11.5 Å². The number of hydrogen-bond donors (Lipinski definition) is 1. The predicted molar refractivity (Wildman–Crippen MR) is 170 cm³/mol. The van der Waals surface area contributed by atoms with Crippen LogP contribution in [-0.4, -0.2) is 48.1 Å². The number of thiazole rings is 1. The number of likely N-dealkylation sites (tertiary alicyclic amines) is 1. The minimum atomic E-state index is -0.712. The maximum atomic E-state index is 14.0. The molecular weight excluding hydrogens is 576 g/mol. The van der Waals surface area contributed by atoms with Crippen LogP contribution in [-0.2, 0) is 9.59 Å². The van der Waals surface area contributed by atoms with Crippen molar-refractivity contribution in [3.8, 4) is 11.5 Å². The number of nitrogens with zero attached hydrogens (tertiary/aromatic N) is 3. The van der Waals surface area contributed by atoms with Crippen molar-refractivity contribution < 1.29 is 19.1 Å². The van der Waals surface area contributed by atoms with Crippen molar-refractivity contribution in [1.82, 2.24) is 9.47 Å². The van der Waals surface area contributed by atoms with Gasteiger partial charge in [0.25, 0.3) is 17.4 Å². The molecule has 2 amide bonds. The zero-order chi connectivity index (χ0) is 30.6. The van der Waals surface area contributed by atoms with E-state index < -0.39 is 6.04 Å². The number of para-hydroxylation sites is 1. The number of amides is 2. The Bertz CT molecular complexity index is 1910. The maximum absolute atomic E-state index is 14.0. The lowest BCUT2D eigenvalue weighted by Gasteiger charge is -2.25. The zero-order valence-electron chi connectivity index (χ0n) is 24.5. The summed E-state index contributed by atoms with van der Waals surface area (Å²) in [6, 6.07) is 23.1. The Morgan fingerprint density at radius 1 is 1.00 bits per heavy atom. The van der Waals surface area contributed by atoms with E-state index in [1.54, 1.807) is 36.8 Å². The minimum absolute atomic E-state index is 0.00174. The second-order valence-electron chi connectivity index (χ2n) is 10.6. The first-order chi connectivity index (χ1) is 21.4. The summed E-state index contributed by atoms with van der Waals surface area (Å²) in [5, 5.41) is 2.96. The van der Waals surface area contributed by atoms with Crippen molar-refractivity contribution in [3.63, 3.8) is 0 Å². The Balaban J connectivity index is 1.33. The lowest BCUT2D eigenvalue weighted by Crippen LogP contribution is -2.40. The first-order valence-corrected chi connectivity index (χ1v) is 15.3. The van der Waals surface area contributed by atoms with Gasteiger partial charge in [0.15, 0.2) is 11.4 Å². The van der Waals surface area contributed by atoms with E-state index in [0.29, 0.717) is 37.8 Å². The molecule has 1 fully saturated rings. The highest BCUT2D eigenvalue weighted by molar-refractivity contribution is 7.07. The summed E-state index contributed by atoms with van der Waals surface area (Å²) in [5.41, 5.74) is 2.83. The number of ether oxygens (including phenoxy) is 2. The topological polar surface area (TPSA) is 102 Å². The van der Waals surface area contributed by atoms with Crippen molar-refractivity contribution in [2.45, 2.75) is 25.8 Å². The minimum Gasteiger partial charge on any atom is -0.497 e. The molecule has 1 saturated heterocycles. The summed E-state index contributed by atoms with van der Waals surface area (Å²) in [6.07, 6.45) is 3.87. The van der Waals surface area contributed by atoms with Gasteiger partial charge in [-0.25, -0.2) is 4.99 Å². The summed E-state index contributed by atoms with van der Waals surface area (Å²) >= 11 is 1.27. The van der Waals surface area contributed by atoms with Crippen LogP contribution in [0.1, 0.15) is 36.9 Å². The SMILES string of the molecule is COc1cccc([C@@H]2C(C(=O)Nc3ccccc3)=C(C)N=c3s/c(=C/c4ccc(OCC(=O)N5CCCC5)cc4)c(=O)n32)c1. The Labute approximate surface area is 258 Å². The Morgan fingerprint density at radius 3 is 2.48 bits per heavy atom. The van der Waals surface area contributed by atoms with E-state index in [9.17, 15) is 14.4 Å². The van der Waals surface area contributed by atoms with Crippen molar-refractivity contribution in [1.29, 1.82) is 0 Å². The smallest absolute Gasteiger partial charge is 0.271 e. The van der Waals surface area contributed by atoms with Crippen LogP contribution in [0.15, 0.2) is 99.9 Å². The standard InChI is InChI=1S/C34H32N4O5S/c1-22-30(32(40)36-25-10-4-3-5-11-25)31(24-9-8-12-27(20-24)42-2)38-33(41)28(44-34(38)35-22)19-23-13-15-26(16-14-23)43-21-29(39)37-17-6-7-18-37/h3-5,8-16,19-20,31H,6-7,17-18,21H2,1-2H3,(H,36,40)/b28-19+/t31-/m1/s1. The van der Waals surface area contributed by atoms with Crippen LogP contribution in [0.2, 0.25) is 0 Å². The molecule has 224 valence electrons. The number of fused-ring (bicyclic) bond motifs is 1. The Hall–Kier alpha value is -4.96. The van der Waals surface area contributed by atoms with E-state index in [1.165, 1.54) is 11.3 Å². The normalized spacial score (nSPS) is 16.4. The summed E-state index contributed by atoms with van der Waals surface area (Å²) in [5.74, 6) is 0.856. The second-order valence-corrected chi connectivity index (χ2v) is 11.6. The van der Waals surface area contributed by atoms with Gasteiger partial charge in [0.05, 0.1) is 29.0 Å². The Kier molecular flexibility index (Phi) is 8.42. The quantitative estimate of drug-likeness (QED) is 0.327. The van der Waals surface area contributed by atoms with Gasteiger partial charge in [0.2, 0.25) is 0 Å². The number of methoxy groups -OCH3 is 1. The molecule has 0 unspecified atom stereocenters. The fourth-order valence-electron chi connectivity index (χ4n) is 5.47. The molecule has 9 nitrogen and oxygen atoms in total. The van der Waals surface area contributed by atoms with Gasteiger partial charge in [-0.3, -0.25) is 19.0 Å². The molecular formula is C34H32N4O5S. The molecule has 1 atom stereocenters. The molecule has 1 aromatic heterocycles. The predicted octanol–water partition coefficient (Wildman–Crippen LogP) is 3.88. The van der Waals surface area contributed by atoms with Crippen LogP contribution < -0.4 is 29.7 Å². The van der Waals surface area contributed by atoms with E-state index in [1.807, 2.05) is 71.6 Å². The van der Waals surface area contributed by atoms with Crippen LogP contribution in [0.4, 0.5) is 5.69 Å². The largest absolute Gasteiger partial charge is 0.497 e. The molecule has 1 N–H and O–H groups in total. The number of rotatable bonds is 8. The van der Waals surface area contributed by atoms with Crippen LogP contribution in [0.3, 0.4) is 0 Å². The zero-order valence-corrected chi connectivity index (χ0v) is 25.3. The molecule has 0 aliphatic carbocycles. The van der Waals surface area contributed by atoms with Gasteiger partial charge in [-0.05, 0) is 73.4 Å². The monoisotopic (exact) mass is 608 g/mol. The van der Waals surface area contributed by atoms with Crippen LogP contribution in [0, 0.1) is 0 Å². The third-order valence-electron chi connectivity index (χ3n) is 7.71. The number of carbonyl (C=O) groups is 2. The first kappa shape index (κ1) is 29.1. The summed E-state index contributed by atoms with van der Waals surface area (Å²) in [7, 11) is 1.58. The average molecular weight is 609 g/mol. The lowest BCUT2D eigenvalue weighted by molar-refractivity contribution is -0.132. The van der Waals surface area contributed by atoms with E-state index in [4.69, 9.17) is 14.5 Å². The summed E-state index contributed by atoms with van der Waals surface area (Å²) < 4.78 is 13.2. The molecule has 0 radical (unpaired) electrons. The fraction of sp³-hybridized carbons (Fsp3) is 0.235. The second kappa shape index (κ2) is 12.7. The Morgan fingerprint density at radius 2 is 1.75 bits per heavy atom. The number of benzene rings is 3. The highest BCUT2D eigenvalue weighted by Crippen LogP contribution is 2.32. The molecule has 0 saturated carbocycles. The van der Waals surface area contributed by atoms with Gasteiger partial charge in [-0.2, -0.15) is 0 Å². The van der Waals surface area contributed by atoms with Crippen molar-refractivity contribution in [2.75, 3.05) is 32.1 Å². The molecule has 2 aliphatic heterocycles. The number of aromatic nitrogens is 1. The fourth-order valence-corrected chi connectivity index (χ4v) is 6.52. The molecule has 6 rings (SSSR count). The molecule has 3 aromatic carbocycles. The number of carbonyl (C=O) groups excluding carboxylic acids is 2. The summed E-state index contributed by atoms with van der Waals surface area (Å²) in [6.45, 7) is 3.37. The van der Waals surface area contributed by atoms with Gasteiger partial charge < -0.3 is 19.7 Å². The highest BCUT2D eigenvalue weighted by Gasteiger charge is 2.32. The highest BCUT2D eigenvalue weighted by atomic mass is 32.1. The molecule has 44 heavy (non-hydrogen) atoms. The van der Waals surface area contributed by atoms with Gasteiger partial charge in [0.1, 0.15) is 11.5 Å². The molecule has 4 aromatic rings. The maximum Gasteiger partial charge on any atom is 0.271 e. The lowest BCUT2D eigenvalue weighted by atomic mass is 9.95. The van der Waals surface area contributed by atoms with Gasteiger partial charge >= 0.3 is 0 Å². The number of nitrogens with one attached hydrogen (secondary N) is 1.